The second-order valence-corrected chi connectivity index (χ2v) is 14.0. The highest BCUT2D eigenvalue weighted by Gasteiger charge is 2.63. The molecule has 12 atom stereocenters. The molecule has 6 aliphatic rings. The molecule has 12 unspecified atom stereocenters. The van der Waals surface area contributed by atoms with Crippen molar-refractivity contribution in [1.29, 1.82) is 0 Å². The molecule has 6 fully saturated rings. The lowest BCUT2D eigenvalue weighted by molar-refractivity contribution is -0.129. The van der Waals surface area contributed by atoms with Crippen molar-refractivity contribution in [3.63, 3.8) is 0 Å². The van der Waals surface area contributed by atoms with Crippen LogP contribution in [0.3, 0.4) is 0 Å². The number of fused-ring (bicyclic) bond motifs is 9. The van der Waals surface area contributed by atoms with Gasteiger partial charge >= 0.3 is 0 Å². The third-order valence-electron chi connectivity index (χ3n) is 12.9. The topological polar surface area (TPSA) is 34.1 Å². The van der Waals surface area contributed by atoms with E-state index in [0.29, 0.717) is 82.6 Å². The molecular formula is C36H42O2. The van der Waals surface area contributed by atoms with Gasteiger partial charge in [0.05, 0.1) is 0 Å². The van der Waals surface area contributed by atoms with Crippen LogP contribution in [0.15, 0.2) is 60.7 Å². The molecule has 38 heavy (non-hydrogen) atoms. The molecule has 6 aliphatic carbocycles. The van der Waals surface area contributed by atoms with E-state index in [4.69, 9.17) is 0 Å². The standard InChI is InChI=1S/C36H42O2/c37-35-29-17-15-26-25(33(29)27-13-11-23(19-31(27)35)21-7-3-1-4-8-21)16-18-30-34(26)28-14-12-24(20-32(28)36(30)38)22-9-5-2-6-10-22/h1-10,23-34H,11-20H2. The maximum atomic E-state index is 13.8. The lowest BCUT2D eigenvalue weighted by Gasteiger charge is -2.51. The highest BCUT2D eigenvalue weighted by molar-refractivity contribution is 5.88. The van der Waals surface area contributed by atoms with Gasteiger partial charge in [-0.3, -0.25) is 9.59 Å². The largest absolute Gasteiger partial charge is 0.299 e. The number of hydrogen-bond donors (Lipinski definition) is 0. The third kappa shape index (κ3) is 3.50. The Bertz CT molecular complexity index is 1110. The van der Waals surface area contributed by atoms with Crippen molar-refractivity contribution in [1.82, 2.24) is 0 Å². The van der Waals surface area contributed by atoms with E-state index in [2.05, 4.69) is 60.7 Å². The fourth-order valence-corrected chi connectivity index (χ4v) is 11.6. The summed E-state index contributed by atoms with van der Waals surface area (Å²) >= 11 is 0. The minimum absolute atomic E-state index is 0.291. The highest BCUT2D eigenvalue weighted by atomic mass is 16.1. The Kier molecular flexibility index (Phi) is 5.71. The maximum Gasteiger partial charge on any atom is 0.139 e. The Morgan fingerprint density at radius 2 is 0.816 bits per heavy atom. The Morgan fingerprint density at radius 1 is 0.421 bits per heavy atom. The molecule has 0 aromatic heterocycles. The number of rotatable bonds is 2. The van der Waals surface area contributed by atoms with Crippen LogP contribution < -0.4 is 0 Å². The number of Topliss-reactive ketones (excluding diaryl/α,β-unsaturated/α-hetero) is 2. The molecular weight excluding hydrogens is 464 g/mol. The quantitative estimate of drug-likeness (QED) is 0.416. The van der Waals surface area contributed by atoms with E-state index in [1.54, 1.807) is 0 Å². The van der Waals surface area contributed by atoms with Gasteiger partial charge in [-0.1, -0.05) is 60.7 Å². The molecule has 0 aliphatic heterocycles. The monoisotopic (exact) mass is 506 g/mol. The molecule has 0 spiro atoms. The summed E-state index contributed by atoms with van der Waals surface area (Å²) in [6, 6.07) is 21.9. The average molecular weight is 507 g/mol. The van der Waals surface area contributed by atoms with Crippen molar-refractivity contribution in [2.45, 2.75) is 76.0 Å². The maximum absolute atomic E-state index is 13.8. The molecule has 2 aromatic carbocycles. The van der Waals surface area contributed by atoms with E-state index in [-0.39, 0.29) is 0 Å². The van der Waals surface area contributed by atoms with Crippen LogP contribution in [0.25, 0.3) is 0 Å². The molecule has 6 saturated carbocycles. The van der Waals surface area contributed by atoms with E-state index in [1.165, 1.54) is 49.7 Å². The second-order valence-electron chi connectivity index (χ2n) is 14.0. The van der Waals surface area contributed by atoms with Gasteiger partial charge in [0.25, 0.3) is 0 Å². The highest BCUT2D eigenvalue weighted by Crippen LogP contribution is 2.65. The number of carbonyl (C=O) groups excluding carboxylic acids is 2. The minimum Gasteiger partial charge on any atom is -0.299 e. The van der Waals surface area contributed by atoms with Crippen LogP contribution in [0.1, 0.15) is 87.2 Å². The Labute approximate surface area is 228 Å². The number of hydrogen-bond acceptors (Lipinski definition) is 2. The number of carbonyl (C=O) groups is 2. The van der Waals surface area contributed by atoms with Gasteiger partial charge in [-0.25, -0.2) is 0 Å². The summed E-state index contributed by atoms with van der Waals surface area (Å²) in [6.45, 7) is 0. The van der Waals surface area contributed by atoms with Crippen molar-refractivity contribution in [2.75, 3.05) is 0 Å². The van der Waals surface area contributed by atoms with Crippen molar-refractivity contribution < 1.29 is 9.59 Å². The van der Waals surface area contributed by atoms with Gasteiger partial charge in [0.15, 0.2) is 0 Å². The van der Waals surface area contributed by atoms with Crippen LogP contribution in [0.5, 0.6) is 0 Å². The molecule has 0 saturated heterocycles. The van der Waals surface area contributed by atoms with E-state index < -0.39 is 0 Å². The molecule has 2 heteroatoms. The molecule has 0 N–H and O–H groups in total. The Hall–Kier alpha value is -2.22. The zero-order valence-electron chi connectivity index (χ0n) is 22.6. The lowest BCUT2D eigenvalue weighted by atomic mass is 9.53. The molecule has 2 aromatic rings. The van der Waals surface area contributed by atoms with E-state index in [1.807, 2.05) is 0 Å². The molecule has 198 valence electrons. The Morgan fingerprint density at radius 3 is 1.24 bits per heavy atom. The van der Waals surface area contributed by atoms with E-state index in [9.17, 15) is 9.59 Å². The zero-order chi connectivity index (χ0) is 25.4. The van der Waals surface area contributed by atoms with Gasteiger partial charge in [-0.05, 0) is 123 Å². The SMILES string of the molecule is O=C1C2CC(c3ccccc3)CCC2C2C1CCC1C2CCC2C(=O)C3CC(c4ccccc4)CCC3C21. The molecule has 0 heterocycles. The average Bonchev–Trinajstić information content (AvgIpc) is 3.44. The third-order valence-corrected chi connectivity index (χ3v) is 12.9. The predicted molar refractivity (Wildman–Crippen MR) is 149 cm³/mol. The number of benzene rings is 2. The number of ketones is 2. The zero-order valence-corrected chi connectivity index (χ0v) is 22.6. The smallest absolute Gasteiger partial charge is 0.139 e. The molecule has 0 amide bonds. The fraction of sp³-hybridized carbons (Fsp3) is 0.611. The van der Waals surface area contributed by atoms with Crippen LogP contribution in [0.2, 0.25) is 0 Å². The van der Waals surface area contributed by atoms with Crippen LogP contribution in [0, 0.1) is 59.2 Å². The van der Waals surface area contributed by atoms with Gasteiger partial charge < -0.3 is 0 Å². The van der Waals surface area contributed by atoms with E-state index in [0.717, 1.165) is 25.7 Å². The van der Waals surface area contributed by atoms with Gasteiger partial charge in [0.1, 0.15) is 11.6 Å². The summed E-state index contributed by atoms with van der Waals surface area (Å²) < 4.78 is 0. The van der Waals surface area contributed by atoms with Gasteiger partial charge in [-0.2, -0.15) is 0 Å². The summed E-state index contributed by atoms with van der Waals surface area (Å²) in [5.74, 6) is 7.42. The van der Waals surface area contributed by atoms with Crippen molar-refractivity contribution in [2.24, 2.45) is 59.2 Å². The minimum atomic E-state index is 0.291. The molecule has 0 bridgehead atoms. The molecule has 2 nitrogen and oxygen atoms in total. The van der Waals surface area contributed by atoms with Crippen molar-refractivity contribution >= 4 is 11.6 Å². The molecule has 0 radical (unpaired) electrons. The first-order valence-corrected chi connectivity index (χ1v) is 15.9. The Balaban J connectivity index is 1.03. The second kappa shape index (κ2) is 9.17. The normalized spacial score (nSPS) is 45.5. The van der Waals surface area contributed by atoms with Crippen LogP contribution in [0.4, 0.5) is 0 Å². The first kappa shape index (κ1) is 23.6. The summed E-state index contributed by atoms with van der Waals surface area (Å²) in [7, 11) is 0. The summed E-state index contributed by atoms with van der Waals surface area (Å²) in [4.78, 5) is 27.7. The van der Waals surface area contributed by atoms with Crippen LogP contribution in [-0.4, -0.2) is 11.6 Å². The van der Waals surface area contributed by atoms with Crippen LogP contribution >= 0.6 is 0 Å². The summed E-state index contributed by atoms with van der Waals surface area (Å²) in [5.41, 5.74) is 2.88. The van der Waals surface area contributed by atoms with Crippen LogP contribution in [-0.2, 0) is 9.59 Å². The summed E-state index contributed by atoms with van der Waals surface area (Å²) in [6.07, 6.45) is 11.7. The fourth-order valence-electron chi connectivity index (χ4n) is 11.6. The molecule has 8 rings (SSSR count). The lowest BCUT2D eigenvalue weighted by Crippen LogP contribution is -2.46. The van der Waals surface area contributed by atoms with Gasteiger partial charge in [0, 0.05) is 23.7 Å². The van der Waals surface area contributed by atoms with Gasteiger partial charge in [-0.15, -0.1) is 0 Å². The first-order valence-electron chi connectivity index (χ1n) is 15.9. The predicted octanol–water partition coefficient (Wildman–Crippen LogP) is 7.84. The van der Waals surface area contributed by atoms with Crippen molar-refractivity contribution in [3.8, 4) is 0 Å². The van der Waals surface area contributed by atoms with E-state index >= 15 is 0 Å². The first-order chi connectivity index (χ1) is 18.7. The van der Waals surface area contributed by atoms with Gasteiger partial charge in [0.2, 0.25) is 0 Å². The summed E-state index contributed by atoms with van der Waals surface area (Å²) in [5, 5.41) is 0. The van der Waals surface area contributed by atoms with Crippen molar-refractivity contribution in [3.05, 3.63) is 71.8 Å².